The number of aryl methyl sites for hydroxylation is 1. The van der Waals surface area contributed by atoms with Crippen molar-refractivity contribution in [1.29, 1.82) is 0 Å². The minimum atomic E-state index is -0.374. The van der Waals surface area contributed by atoms with Crippen LogP contribution >= 0.6 is 0 Å². The van der Waals surface area contributed by atoms with Crippen LogP contribution < -0.4 is 11.3 Å². The molecule has 2 atom stereocenters. The van der Waals surface area contributed by atoms with Crippen LogP contribution in [0.4, 0.5) is 0 Å². The highest BCUT2D eigenvalue weighted by Gasteiger charge is 2.27. The van der Waals surface area contributed by atoms with Crippen molar-refractivity contribution in [3.05, 3.63) is 23.2 Å². The second kappa shape index (κ2) is 5.12. The molecule has 1 aromatic rings. The smallest absolute Gasteiger partial charge is 0.301 e. The zero-order chi connectivity index (χ0) is 13.3. The van der Waals surface area contributed by atoms with Gasteiger partial charge in [-0.2, -0.15) is 0 Å². The van der Waals surface area contributed by atoms with Crippen LogP contribution in [-0.4, -0.2) is 23.4 Å². The number of furan rings is 1. The van der Waals surface area contributed by atoms with E-state index in [1.807, 2.05) is 13.0 Å². The van der Waals surface area contributed by atoms with Gasteiger partial charge in [0.25, 0.3) is 0 Å². The van der Waals surface area contributed by atoms with Crippen LogP contribution in [0.25, 0.3) is 0 Å². The molecule has 0 bridgehead atoms. The van der Waals surface area contributed by atoms with Gasteiger partial charge in [-0.25, -0.2) is 5.84 Å². The van der Waals surface area contributed by atoms with Gasteiger partial charge in [0.05, 0.1) is 6.54 Å². The number of nitrogens with zero attached hydrogens (tertiary/aromatic N) is 1. The second-order valence-electron chi connectivity index (χ2n) is 5.32. The van der Waals surface area contributed by atoms with E-state index in [1.165, 1.54) is 6.42 Å². The maximum absolute atomic E-state index is 11.5. The van der Waals surface area contributed by atoms with Gasteiger partial charge in [0.2, 0.25) is 0 Å². The lowest BCUT2D eigenvalue weighted by Gasteiger charge is -2.19. The number of carbonyl (C=O) groups is 1. The molecule has 1 aliphatic rings. The molecule has 5 heteroatoms. The first kappa shape index (κ1) is 13.1. The van der Waals surface area contributed by atoms with E-state index in [-0.39, 0.29) is 5.91 Å². The van der Waals surface area contributed by atoms with Gasteiger partial charge in [-0.15, -0.1) is 0 Å². The van der Waals surface area contributed by atoms with Gasteiger partial charge >= 0.3 is 5.91 Å². The molecule has 2 rings (SSSR count). The van der Waals surface area contributed by atoms with E-state index in [4.69, 9.17) is 10.3 Å². The van der Waals surface area contributed by atoms with E-state index in [0.717, 1.165) is 30.3 Å². The number of nitrogen functional groups attached to an aromatic ring is 1. The fourth-order valence-corrected chi connectivity index (χ4v) is 2.72. The third-order valence-corrected chi connectivity index (χ3v) is 3.58. The number of carbonyl (C=O) groups excluding carboxylic acids is 1. The molecule has 0 aliphatic carbocycles. The Hall–Kier alpha value is -1.33. The molecule has 2 heterocycles. The topological polar surface area (TPSA) is 71.5 Å². The van der Waals surface area contributed by atoms with Crippen LogP contribution in [-0.2, 0) is 6.54 Å². The van der Waals surface area contributed by atoms with E-state index in [1.54, 1.807) is 0 Å². The van der Waals surface area contributed by atoms with Gasteiger partial charge in [0.1, 0.15) is 5.76 Å². The number of rotatable bonds is 3. The molecule has 1 fully saturated rings. The number of nitrogens with two attached hydrogens (primary N) is 1. The van der Waals surface area contributed by atoms with E-state index in [9.17, 15) is 4.79 Å². The van der Waals surface area contributed by atoms with Crippen LogP contribution in [0.3, 0.4) is 0 Å². The first-order valence-electron chi connectivity index (χ1n) is 6.35. The molecule has 100 valence electrons. The van der Waals surface area contributed by atoms with Crippen molar-refractivity contribution in [2.24, 2.45) is 11.8 Å². The molecule has 1 aliphatic heterocycles. The van der Waals surface area contributed by atoms with Crippen LogP contribution in [0, 0.1) is 12.8 Å². The Morgan fingerprint density at radius 3 is 2.89 bits per heavy atom. The molecule has 18 heavy (non-hydrogen) atoms. The van der Waals surface area contributed by atoms with E-state index in [0.29, 0.717) is 11.8 Å². The summed E-state index contributed by atoms with van der Waals surface area (Å²) in [6.07, 6.45) is 1.22. The fourth-order valence-electron chi connectivity index (χ4n) is 2.72. The quantitative estimate of drug-likeness (QED) is 0.484. The summed E-state index contributed by atoms with van der Waals surface area (Å²) in [5, 5.41) is 0. The highest BCUT2D eigenvalue weighted by molar-refractivity contribution is 5.92. The van der Waals surface area contributed by atoms with Crippen LogP contribution in [0.2, 0.25) is 0 Å². The average molecular weight is 251 g/mol. The van der Waals surface area contributed by atoms with Crippen molar-refractivity contribution in [3.8, 4) is 0 Å². The van der Waals surface area contributed by atoms with Gasteiger partial charge < -0.3 is 4.42 Å². The Morgan fingerprint density at radius 1 is 1.61 bits per heavy atom. The number of amides is 1. The summed E-state index contributed by atoms with van der Waals surface area (Å²) < 4.78 is 5.58. The summed E-state index contributed by atoms with van der Waals surface area (Å²) in [4.78, 5) is 13.8. The number of hydrogen-bond donors (Lipinski definition) is 2. The number of hydrogen-bond acceptors (Lipinski definition) is 4. The maximum Gasteiger partial charge on any atom is 0.301 e. The fraction of sp³-hybridized carbons (Fsp3) is 0.615. The molecule has 0 radical (unpaired) electrons. The Balaban J connectivity index is 2.08. The highest BCUT2D eigenvalue weighted by atomic mass is 16.4. The van der Waals surface area contributed by atoms with E-state index >= 15 is 0 Å². The third-order valence-electron chi connectivity index (χ3n) is 3.58. The van der Waals surface area contributed by atoms with Gasteiger partial charge in [0.15, 0.2) is 5.76 Å². The number of likely N-dealkylation sites (tertiary alicyclic amines) is 1. The monoisotopic (exact) mass is 251 g/mol. The van der Waals surface area contributed by atoms with E-state index in [2.05, 4.69) is 24.2 Å². The van der Waals surface area contributed by atoms with E-state index < -0.39 is 0 Å². The Labute approximate surface area is 107 Å². The van der Waals surface area contributed by atoms with Crippen molar-refractivity contribution in [1.82, 2.24) is 10.3 Å². The first-order chi connectivity index (χ1) is 8.51. The molecule has 5 nitrogen and oxygen atoms in total. The molecule has 3 N–H and O–H groups in total. The molecule has 0 spiro atoms. The Kier molecular flexibility index (Phi) is 3.73. The Bertz CT molecular complexity index is 441. The lowest BCUT2D eigenvalue weighted by molar-refractivity contribution is 0.0921. The van der Waals surface area contributed by atoms with Gasteiger partial charge in [-0.1, -0.05) is 6.92 Å². The maximum atomic E-state index is 11.5. The average Bonchev–Trinajstić information content (AvgIpc) is 2.82. The SMILES string of the molecule is Cc1cc(CN2CC(C)CC2C)oc1C(=O)NN. The molecular weight excluding hydrogens is 230 g/mol. The van der Waals surface area contributed by atoms with Crippen molar-refractivity contribution >= 4 is 5.91 Å². The molecule has 1 aromatic heterocycles. The normalized spacial score (nSPS) is 24.4. The largest absolute Gasteiger partial charge is 0.454 e. The zero-order valence-electron chi connectivity index (χ0n) is 11.2. The highest BCUT2D eigenvalue weighted by Crippen LogP contribution is 2.25. The minimum Gasteiger partial charge on any atom is -0.454 e. The van der Waals surface area contributed by atoms with Crippen molar-refractivity contribution in [2.45, 2.75) is 39.8 Å². The van der Waals surface area contributed by atoms with Crippen molar-refractivity contribution in [3.63, 3.8) is 0 Å². The first-order valence-corrected chi connectivity index (χ1v) is 6.35. The predicted octanol–water partition coefficient (Wildman–Crippen LogP) is 1.42. The summed E-state index contributed by atoms with van der Waals surface area (Å²) >= 11 is 0. The van der Waals surface area contributed by atoms with Crippen LogP contribution in [0.1, 0.15) is 42.1 Å². The molecular formula is C13H21N3O2. The summed E-state index contributed by atoms with van der Waals surface area (Å²) in [6, 6.07) is 2.48. The number of nitrogens with one attached hydrogen (secondary N) is 1. The predicted molar refractivity (Wildman–Crippen MR) is 68.8 cm³/mol. The summed E-state index contributed by atoms with van der Waals surface area (Å²) in [6.45, 7) is 8.18. The summed E-state index contributed by atoms with van der Waals surface area (Å²) in [7, 11) is 0. The van der Waals surface area contributed by atoms with Gasteiger partial charge in [0, 0.05) is 18.2 Å². The van der Waals surface area contributed by atoms with Crippen LogP contribution in [0.15, 0.2) is 10.5 Å². The molecule has 0 saturated carbocycles. The van der Waals surface area contributed by atoms with Crippen LogP contribution in [0.5, 0.6) is 0 Å². The van der Waals surface area contributed by atoms with Crippen molar-refractivity contribution < 1.29 is 9.21 Å². The Morgan fingerprint density at radius 2 is 2.33 bits per heavy atom. The molecule has 0 aromatic carbocycles. The summed E-state index contributed by atoms with van der Waals surface area (Å²) in [5.74, 6) is 6.61. The number of hydrazine groups is 1. The molecule has 2 unspecified atom stereocenters. The second-order valence-corrected chi connectivity index (χ2v) is 5.32. The van der Waals surface area contributed by atoms with Gasteiger partial charge in [-0.05, 0) is 32.3 Å². The lowest BCUT2D eigenvalue weighted by atomic mass is 10.1. The van der Waals surface area contributed by atoms with Crippen molar-refractivity contribution in [2.75, 3.05) is 6.54 Å². The van der Waals surface area contributed by atoms with Gasteiger partial charge in [-0.3, -0.25) is 15.1 Å². The summed E-state index contributed by atoms with van der Waals surface area (Å²) in [5.41, 5.74) is 2.93. The third kappa shape index (κ3) is 2.57. The lowest BCUT2D eigenvalue weighted by Crippen LogP contribution is -2.30. The molecule has 1 saturated heterocycles. The zero-order valence-corrected chi connectivity index (χ0v) is 11.2. The minimum absolute atomic E-state index is 0.312. The standard InChI is InChI=1S/C13H21N3O2/c1-8-4-10(3)16(6-8)7-11-5-9(2)12(18-11)13(17)15-14/h5,8,10H,4,6-7,14H2,1-3H3,(H,15,17). The molecule has 1 amide bonds.